The van der Waals surface area contributed by atoms with Crippen LogP contribution in [-0.4, -0.2) is 23.3 Å². The van der Waals surface area contributed by atoms with Crippen molar-refractivity contribution in [2.45, 2.75) is 33.9 Å². The van der Waals surface area contributed by atoms with Crippen LogP contribution in [0.4, 0.5) is 0 Å². The van der Waals surface area contributed by atoms with Crippen LogP contribution in [-0.2, 0) is 13.2 Å². The van der Waals surface area contributed by atoms with Gasteiger partial charge in [-0.3, -0.25) is 9.59 Å². The van der Waals surface area contributed by atoms with E-state index in [2.05, 4.69) is 10.5 Å². The molecule has 1 N–H and O–H groups in total. The number of hydrazone groups is 1. The third-order valence-electron chi connectivity index (χ3n) is 4.77. The van der Waals surface area contributed by atoms with Crippen molar-refractivity contribution in [3.8, 4) is 11.5 Å². The summed E-state index contributed by atoms with van der Waals surface area (Å²) in [6, 6.07) is 16.7. The van der Waals surface area contributed by atoms with E-state index in [1.54, 1.807) is 24.4 Å². The molecule has 0 aliphatic rings. The Balaban J connectivity index is 1.68. The molecule has 1 heterocycles. The molecule has 3 aromatic rings. The number of nitrogens with one attached hydrogen (secondary N) is 1. The van der Waals surface area contributed by atoms with Crippen molar-refractivity contribution in [1.29, 1.82) is 0 Å². The molecule has 7 heteroatoms. The van der Waals surface area contributed by atoms with E-state index >= 15 is 0 Å². The third-order valence-corrected chi connectivity index (χ3v) is 4.77. The van der Waals surface area contributed by atoms with E-state index in [-0.39, 0.29) is 11.1 Å². The van der Waals surface area contributed by atoms with Gasteiger partial charge >= 0.3 is 0 Å². The highest BCUT2D eigenvalue weighted by Crippen LogP contribution is 2.29. The van der Waals surface area contributed by atoms with Gasteiger partial charge < -0.3 is 14.0 Å². The van der Waals surface area contributed by atoms with Crippen LogP contribution in [0.15, 0.2) is 70.7 Å². The van der Waals surface area contributed by atoms with Gasteiger partial charge in [-0.05, 0) is 62.2 Å². The lowest BCUT2D eigenvalue weighted by molar-refractivity contribution is 0.0953. The molecule has 0 saturated heterocycles. The summed E-state index contributed by atoms with van der Waals surface area (Å²) in [6.07, 6.45) is 3.13. The van der Waals surface area contributed by atoms with Crippen LogP contribution in [0.25, 0.3) is 0 Å². The van der Waals surface area contributed by atoms with Gasteiger partial charge in [0.05, 0.1) is 12.8 Å². The minimum absolute atomic E-state index is 0.0429. The number of hydrogen-bond acceptors (Lipinski definition) is 5. The lowest BCUT2D eigenvalue weighted by atomic mass is 10.2. The second kappa shape index (κ2) is 10.9. The summed E-state index contributed by atoms with van der Waals surface area (Å²) < 4.78 is 13.1. The predicted octanol–water partition coefficient (Wildman–Crippen LogP) is 3.92. The first-order valence-corrected chi connectivity index (χ1v) is 10.5. The van der Waals surface area contributed by atoms with Crippen LogP contribution >= 0.6 is 0 Å². The van der Waals surface area contributed by atoms with E-state index in [1.807, 2.05) is 51.1 Å². The smallest absolute Gasteiger partial charge is 0.276 e. The molecule has 7 nitrogen and oxygen atoms in total. The van der Waals surface area contributed by atoms with E-state index in [9.17, 15) is 9.59 Å². The van der Waals surface area contributed by atoms with E-state index in [1.165, 1.54) is 22.4 Å². The van der Waals surface area contributed by atoms with Crippen molar-refractivity contribution in [3.05, 3.63) is 93.4 Å². The van der Waals surface area contributed by atoms with Crippen molar-refractivity contribution in [2.24, 2.45) is 5.10 Å². The number of nitrogens with zero attached hydrogens (tertiary/aromatic N) is 2. The monoisotopic (exact) mass is 433 g/mol. The average Bonchev–Trinajstić information content (AvgIpc) is 2.80. The molecule has 32 heavy (non-hydrogen) atoms. The van der Waals surface area contributed by atoms with Gasteiger partial charge in [0.25, 0.3) is 11.5 Å². The fraction of sp³-hybridized carbons (Fsp3) is 0.240. The highest BCUT2D eigenvalue weighted by molar-refractivity contribution is 5.94. The van der Waals surface area contributed by atoms with Crippen molar-refractivity contribution >= 4 is 12.1 Å². The summed E-state index contributed by atoms with van der Waals surface area (Å²) in [4.78, 5) is 24.5. The van der Waals surface area contributed by atoms with Gasteiger partial charge in [0.2, 0.25) is 0 Å². The van der Waals surface area contributed by atoms with E-state index in [4.69, 9.17) is 9.47 Å². The van der Waals surface area contributed by atoms with Crippen molar-refractivity contribution < 1.29 is 14.3 Å². The molecule has 166 valence electrons. The number of carbonyl (C=O) groups excluding carboxylic acids is 1. The Labute approximate surface area is 187 Å². The Bertz CT molecular complexity index is 1150. The Morgan fingerprint density at radius 1 is 1.06 bits per heavy atom. The first kappa shape index (κ1) is 22.8. The van der Waals surface area contributed by atoms with Crippen LogP contribution in [0.3, 0.4) is 0 Å². The minimum atomic E-state index is -0.558. The number of hydrogen-bond donors (Lipinski definition) is 1. The molecule has 0 bridgehead atoms. The second-order valence-corrected chi connectivity index (χ2v) is 7.13. The zero-order valence-corrected chi connectivity index (χ0v) is 18.5. The molecule has 1 amide bonds. The van der Waals surface area contributed by atoms with Crippen LogP contribution in [0.5, 0.6) is 11.5 Å². The molecule has 0 aliphatic heterocycles. The summed E-state index contributed by atoms with van der Waals surface area (Å²) in [7, 11) is 0. The second-order valence-electron chi connectivity index (χ2n) is 7.13. The Kier molecular flexibility index (Phi) is 7.80. The molecule has 3 rings (SSSR count). The van der Waals surface area contributed by atoms with Crippen molar-refractivity contribution in [2.75, 3.05) is 6.61 Å². The lowest BCUT2D eigenvalue weighted by Crippen LogP contribution is -2.30. The SMILES string of the molecule is CCOc1cc(/C=N\NC(=O)c2cccn(CC)c2=O)ccc1OCc1ccc(C)cc1. The van der Waals surface area contributed by atoms with Gasteiger partial charge in [0.15, 0.2) is 11.5 Å². The van der Waals surface area contributed by atoms with E-state index in [0.29, 0.717) is 31.3 Å². The van der Waals surface area contributed by atoms with Gasteiger partial charge in [-0.25, -0.2) is 5.43 Å². The Morgan fingerprint density at radius 2 is 1.84 bits per heavy atom. The quantitative estimate of drug-likeness (QED) is 0.410. The largest absolute Gasteiger partial charge is 0.490 e. The normalized spacial score (nSPS) is 10.8. The van der Waals surface area contributed by atoms with Gasteiger partial charge in [-0.2, -0.15) is 5.10 Å². The Morgan fingerprint density at radius 3 is 2.56 bits per heavy atom. The molecule has 0 saturated carbocycles. The fourth-order valence-electron chi connectivity index (χ4n) is 3.02. The summed E-state index contributed by atoms with van der Waals surface area (Å²) in [6.45, 7) is 7.17. The molecular formula is C25H27N3O4. The van der Waals surface area contributed by atoms with E-state index < -0.39 is 5.91 Å². The van der Waals surface area contributed by atoms with Gasteiger partial charge in [-0.15, -0.1) is 0 Å². The number of benzene rings is 2. The topological polar surface area (TPSA) is 81.9 Å². The summed E-state index contributed by atoms with van der Waals surface area (Å²) in [5.41, 5.74) is 5.07. The number of amides is 1. The van der Waals surface area contributed by atoms with E-state index in [0.717, 1.165) is 11.1 Å². The average molecular weight is 434 g/mol. The van der Waals surface area contributed by atoms with Crippen molar-refractivity contribution in [3.63, 3.8) is 0 Å². The lowest BCUT2D eigenvalue weighted by Gasteiger charge is -2.13. The number of ether oxygens (including phenoxy) is 2. The zero-order chi connectivity index (χ0) is 22.9. The van der Waals surface area contributed by atoms with Gasteiger partial charge in [0, 0.05) is 12.7 Å². The molecular weight excluding hydrogens is 406 g/mol. The highest BCUT2D eigenvalue weighted by Gasteiger charge is 2.11. The summed E-state index contributed by atoms with van der Waals surface area (Å²) in [5.74, 6) is 0.652. The van der Waals surface area contributed by atoms with Crippen LogP contribution in [0, 0.1) is 6.92 Å². The molecule has 0 fully saturated rings. The molecule has 0 aliphatic carbocycles. The molecule has 2 aromatic carbocycles. The van der Waals surface area contributed by atoms with Crippen LogP contribution < -0.4 is 20.5 Å². The number of carbonyl (C=O) groups is 1. The first-order chi connectivity index (χ1) is 15.5. The maximum atomic E-state index is 12.3. The van der Waals surface area contributed by atoms with Crippen molar-refractivity contribution in [1.82, 2.24) is 9.99 Å². The highest BCUT2D eigenvalue weighted by atomic mass is 16.5. The summed E-state index contributed by atoms with van der Waals surface area (Å²) in [5, 5.41) is 3.98. The number of aromatic nitrogens is 1. The fourth-order valence-corrected chi connectivity index (χ4v) is 3.02. The van der Waals surface area contributed by atoms with Gasteiger partial charge in [0.1, 0.15) is 12.2 Å². The van der Waals surface area contributed by atoms with Crippen LogP contribution in [0.2, 0.25) is 0 Å². The maximum absolute atomic E-state index is 12.3. The standard InChI is InChI=1S/C25H27N3O4/c1-4-28-14-6-7-21(25(28)30)24(29)27-26-16-20-12-13-22(23(15-20)31-5-2)32-17-19-10-8-18(3)9-11-19/h6-16H,4-5,17H2,1-3H3,(H,27,29)/b26-16-. The molecule has 0 radical (unpaired) electrons. The van der Waals surface area contributed by atoms with Gasteiger partial charge in [-0.1, -0.05) is 29.8 Å². The predicted molar refractivity (Wildman–Crippen MR) is 125 cm³/mol. The molecule has 0 unspecified atom stereocenters. The maximum Gasteiger partial charge on any atom is 0.276 e. The number of rotatable bonds is 9. The third kappa shape index (κ3) is 5.85. The minimum Gasteiger partial charge on any atom is -0.490 e. The number of aryl methyl sites for hydroxylation is 2. The zero-order valence-electron chi connectivity index (χ0n) is 18.5. The molecule has 0 spiro atoms. The van der Waals surface area contributed by atoms with Crippen LogP contribution in [0.1, 0.15) is 40.9 Å². The summed E-state index contributed by atoms with van der Waals surface area (Å²) >= 11 is 0. The molecule has 1 aromatic heterocycles. The Hall–Kier alpha value is -3.87. The number of pyridine rings is 1. The first-order valence-electron chi connectivity index (χ1n) is 10.5. The molecule has 0 atom stereocenters.